The van der Waals surface area contributed by atoms with Crippen molar-refractivity contribution < 1.29 is 4.74 Å². The number of hydrogen-bond donors (Lipinski definition) is 1. The molecule has 1 N–H and O–H groups in total. The molecular formula is C11H23NO. The quantitative estimate of drug-likeness (QED) is 0.678. The molecule has 0 saturated carbocycles. The molecule has 1 heterocycles. The van der Waals surface area contributed by atoms with Crippen LogP contribution >= 0.6 is 0 Å². The summed E-state index contributed by atoms with van der Waals surface area (Å²) < 4.78 is 5.67. The van der Waals surface area contributed by atoms with Gasteiger partial charge in [0.1, 0.15) is 0 Å². The minimum Gasteiger partial charge on any atom is -0.376 e. The van der Waals surface area contributed by atoms with Crippen molar-refractivity contribution in [2.75, 3.05) is 19.7 Å². The molecule has 0 bridgehead atoms. The van der Waals surface area contributed by atoms with Gasteiger partial charge in [-0.1, -0.05) is 0 Å². The average molecular weight is 185 g/mol. The van der Waals surface area contributed by atoms with E-state index in [1.54, 1.807) is 0 Å². The van der Waals surface area contributed by atoms with E-state index in [2.05, 4.69) is 26.1 Å². The lowest BCUT2D eigenvalue weighted by Crippen LogP contribution is -2.20. The molecule has 0 unspecified atom stereocenters. The zero-order chi connectivity index (χ0) is 9.73. The summed E-state index contributed by atoms with van der Waals surface area (Å²) in [6.07, 6.45) is 3.89. The fourth-order valence-electron chi connectivity index (χ4n) is 1.71. The molecule has 1 atom stereocenters. The van der Waals surface area contributed by atoms with Crippen LogP contribution < -0.4 is 5.32 Å². The van der Waals surface area contributed by atoms with Gasteiger partial charge in [-0.2, -0.15) is 0 Å². The summed E-state index contributed by atoms with van der Waals surface area (Å²) >= 11 is 0. The summed E-state index contributed by atoms with van der Waals surface area (Å²) in [5.41, 5.74) is 0.0356. The van der Waals surface area contributed by atoms with Crippen molar-refractivity contribution in [1.29, 1.82) is 0 Å². The first-order valence-corrected chi connectivity index (χ1v) is 5.42. The molecule has 13 heavy (non-hydrogen) atoms. The molecule has 1 rings (SSSR count). The molecule has 1 saturated heterocycles. The van der Waals surface area contributed by atoms with Crippen molar-refractivity contribution in [2.24, 2.45) is 5.92 Å². The number of nitrogens with one attached hydrogen (secondary N) is 1. The van der Waals surface area contributed by atoms with Crippen molar-refractivity contribution in [3.05, 3.63) is 0 Å². The second-order valence-electron chi connectivity index (χ2n) is 4.96. The van der Waals surface area contributed by atoms with Crippen molar-refractivity contribution in [3.63, 3.8) is 0 Å². The Bertz CT molecular complexity index is 134. The molecule has 2 heteroatoms. The number of hydrogen-bond acceptors (Lipinski definition) is 2. The molecular weight excluding hydrogens is 162 g/mol. The Labute approximate surface area is 82.0 Å². The van der Waals surface area contributed by atoms with Crippen LogP contribution in [0.1, 0.15) is 40.0 Å². The fraction of sp³-hybridized carbons (Fsp3) is 1.00. The highest BCUT2D eigenvalue weighted by Gasteiger charge is 2.14. The molecule has 0 spiro atoms. The van der Waals surface area contributed by atoms with Gasteiger partial charge in [0.25, 0.3) is 0 Å². The van der Waals surface area contributed by atoms with Crippen LogP contribution in [0.15, 0.2) is 0 Å². The number of rotatable bonds is 4. The first kappa shape index (κ1) is 11.0. The van der Waals surface area contributed by atoms with Gasteiger partial charge in [-0.3, -0.25) is 0 Å². The highest BCUT2D eigenvalue weighted by Crippen LogP contribution is 2.15. The van der Waals surface area contributed by atoms with Crippen LogP contribution in [0.2, 0.25) is 0 Å². The third-order valence-corrected chi connectivity index (χ3v) is 2.45. The van der Waals surface area contributed by atoms with Gasteiger partial charge < -0.3 is 10.1 Å². The molecule has 2 nitrogen and oxygen atoms in total. The Kier molecular flexibility index (Phi) is 4.20. The summed E-state index contributed by atoms with van der Waals surface area (Å²) in [6, 6.07) is 0. The van der Waals surface area contributed by atoms with Gasteiger partial charge in [0.15, 0.2) is 0 Å². The van der Waals surface area contributed by atoms with Crippen molar-refractivity contribution in [3.8, 4) is 0 Å². The van der Waals surface area contributed by atoms with Crippen molar-refractivity contribution >= 4 is 0 Å². The van der Waals surface area contributed by atoms with E-state index < -0.39 is 0 Å². The molecule has 0 aromatic rings. The smallest absolute Gasteiger partial charge is 0.0598 e. The average Bonchev–Trinajstić information content (AvgIpc) is 2.48. The molecule has 1 aliphatic heterocycles. The van der Waals surface area contributed by atoms with Gasteiger partial charge >= 0.3 is 0 Å². The molecule has 78 valence electrons. The van der Waals surface area contributed by atoms with Crippen LogP contribution in [0, 0.1) is 5.92 Å². The molecule has 0 aliphatic carbocycles. The van der Waals surface area contributed by atoms with Gasteiger partial charge in [0, 0.05) is 6.61 Å². The lowest BCUT2D eigenvalue weighted by Gasteiger charge is -2.19. The van der Waals surface area contributed by atoms with E-state index in [0.717, 1.165) is 12.5 Å². The van der Waals surface area contributed by atoms with E-state index in [4.69, 9.17) is 4.74 Å². The summed E-state index contributed by atoms with van der Waals surface area (Å²) in [5, 5.41) is 3.39. The summed E-state index contributed by atoms with van der Waals surface area (Å²) in [4.78, 5) is 0. The maximum atomic E-state index is 5.67. The van der Waals surface area contributed by atoms with E-state index in [1.807, 2.05) is 0 Å². The summed E-state index contributed by atoms with van der Waals surface area (Å²) in [6.45, 7) is 9.69. The lowest BCUT2D eigenvalue weighted by molar-refractivity contribution is -0.00568. The van der Waals surface area contributed by atoms with Gasteiger partial charge in [-0.05, 0) is 59.0 Å². The van der Waals surface area contributed by atoms with Crippen LogP contribution in [-0.4, -0.2) is 25.3 Å². The Morgan fingerprint density at radius 1 is 1.38 bits per heavy atom. The molecule has 1 aliphatic rings. The summed E-state index contributed by atoms with van der Waals surface area (Å²) in [5.74, 6) is 0.906. The van der Waals surface area contributed by atoms with Gasteiger partial charge in [0.2, 0.25) is 0 Å². The van der Waals surface area contributed by atoms with E-state index in [9.17, 15) is 0 Å². The molecule has 0 aromatic heterocycles. The molecule has 0 amide bonds. The monoisotopic (exact) mass is 185 g/mol. The Balaban J connectivity index is 1.94. The van der Waals surface area contributed by atoms with Crippen LogP contribution in [0.4, 0.5) is 0 Å². The standard InChI is InChI=1S/C11H23NO/c1-11(2,3)13-8-4-5-10-6-7-12-9-10/h10,12H,4-9H2,1-3H3/t10-/m0/s1. The van der Waals surface area contributed by atoms with E-state index in [-0.39, 0.29) is 5.60 Å². The Morgan fingerprint density at radius 3 is 2.69 bits per heavy atom. The fourth-order valence-corrected chi connectivity index (χ4v) is 1.71. The minimum atomic E-state index is 0.0356. The maximum absolute atomic E-state index is 5.67. The van der Waals surface area contributed by atoms with Crippen molar-refractivity contribution in [2.45, 2.75) is 45.6 Å². The second kappa shape index (κ2) is 4.97. The molecule has 0 radical (unpaired) electrons. The highest BCUT2D eigenvalue weighted by molar-refractivity contribution is 4.70. The second-order valence-corrected chi connectivity index (χ2v) is 4.96. The zero-order valence-electron chi connectivity index (χ0n) is 9.23. The Hall–Kier alpha value is -0.0800. The third-order valence-electron chi connectivity index (χ3n) is 2.45. The maximum Gasteiger partial charge on any atom is 0.0598 e. The normalized spacial score (nSPS) is 23.8. The SMILES string of the molecule is CC(C)(C)OCCC[C@H]1CCNC1. The molecule has 0 aromatic carbocycles. The van der Waals surface area contributed by atoms with E-state index >= 15 is 0 Å². The van der Waals surface area contributed by atoms with Gasteiger partial charge in [-0.15, -0.1) is 0 Å². The van der Waals surface area contributed by atoms with E-state index in [0.29, 0.717) is 0 Å². The van der Waals surface area contributed by atoms with Crippen LogP contribution in [-0.2, 0) is 4.74 Å². The minimum absolute atomic E-state index is 0.0356. The van der Waals surface area contributed by atoms with Crippen molar-refractivity contribution in [1.82, 2.24) is 5.32 Å². The predicted molar refractivity (Wildman–Crippen MR) is 55.9 cm³/mol. The largest absolute Gasteiger partial charge is 0.376 e. The topological polar surface area (TPSA) is 21.3 Å². The number of ether oxygens (including phenoxy) is 1. The van der Waals surface area contributed by atoms with Crippen LogP contribution in [0.5, 0.6) is 0 Å². The van der Waals surface area contributed by atoms with Gasteiger partial charge in [0.05, 0.1) is 5.60 Å². The Morgan fingerprint density at radius 2 is 2.15 bits per heavy atom. The molecule has 1 fully saturated rings. The first-order valence-electron chi connectivity index (χ1n) is 5.42. The van der Waals surface area contributed by atoms with Gasteiger partial charge in [-0.25, -0.2) is 0 Å². The summed E-state index contributed by atoms with van der Waals surface area (Å²) in [7, 11) is 0. The van der Waals surface area contributed by atoms with Crippen LogP contribution in [0.25, 0.3) is 0 Å². The zero-order valence-corrected chi connectivity index (χ0v) is 9.23. The van der Waals surface area contributed by atoms with E-state index in [1.165, 1.54) is 32.4 Å². The first-order chi connectivity index (χ1) is 6.08. The third kappa shape index (κ3) is 5.27. The predicted octanol–water partition coefficient (Wildman–Crippen LogP) is 2.19. The van der Waals surface area contributed by atoms with Crippen LogP contribution in [0.3, 0.4) is 0 Å². The lowest BCUT2D eigenvalue weighted by atomic mass is 10.0. The highest BCUT2D eigenvalue weighted by atomic mass is 16.5.